The molecule has 3 rings (SSSR count). The van der Waals surface area contributed by atoms with Crippen LogP contribution >= 0.6 is 23.2 Å². The fourth-order valence-electron chi connectivity index (χ4n) is 2.02. The second-order valence-electron chi connectivity index (χ2n) is 5.27. The van der Waals surface area contributed by atoms with Gasteiger partial charge in [0.15, 0.2) is 12.4 Å². The Hall–Kier alpha value is -1.52. The molecule has 2 aromatic rings. The summed E-state index contributed by atoms with van der Waals surface area (Å²) in [7, 11) is 0. The molecule has 0 spiro atoms. The van der Waals surface area contributed by atoms with Crippen molar-refractivity contribution in [2.45, 2.75) is 24.3 Å². The lowest BCUT2D eigenvalue weighted by atomic mass is 10.1. The van der Waals surface area contributed by atoms with Crippen molar-refractivity contribution in [1.82, 2.24) is 4.98 Å². The Balaban J connectivity index is 1.63. The first-order valence-electron chi connectivity index (χ1n) is 6.47. The van der Waals surface area contributed by atoms with Crippen LogP contribution in [0.2, 0.25) is 0 Å². The van der Waals surface area contributed by atoms with Gasteiger partial charge in [-0.1, -0.05) is 30.3 Å². The molecule has 6 heteroatoms. The van der Waals surface area contributed by atoms with Crippen LogP contribution in [-0.2, 0) is 16.1 Å². The van der Waals surface area contributed by atoms with Gasteiger partial charge in [-0.25, -0.2) is 4.98 Å². The lowest BCUT2D eigenvalue weighted by molar-refractivity contribution is -0.151. The molecule has 0 bridgehead atoms. The third kappa shape index (κ3) is 2.65. The zero-order valence-corrected chi connectivity index (χ0v) is 12.8. The first-order valence-corrected chi connectivity index (χ1v) is 7.23. The number of esters is 1. The van der Waals surface area contributed by atoms with Crippen LogP contribution in [0.4, 0.5) is 0 Å². The Morgan fingerprint density at radius 3 is 2.67 bits per heavy atom. The molecular formula is C15H13Cl2NO3. The Morgan fingerprint density at radius 1 is 1.38 bits per heavy atom. The van der Waals surface area contributed by atoms with Crippen LogP contribution in [-0.4, -0.2) is 15.3 Å². The van der Waals surface area contributed by atoms with Crippen LogP contribution in [0.15, 0.2) is 40.9 Å². The van der Waals surface area contributed by atoms with Crippen LogP contribution < -0.4 is 0 Å². The minimum Gasteiger partial charge on any atom is -0.455 e. The van der Waals surface area contributed by atoms with Crippen LogP contribution in [0.25, 0.3) is 11.3 Å². The third-order valence-electron chi connectivity index (χ3n) is 3.65. The van der Waals surface area contributed by atoms with Gasteiger partial charge in [-0.2, -0.15) is 0 Å². The lowest BCUT2D eigenvalue weighted by Gasteiger charge is -2.10. The Labute approximate surface area is 132 Å². The molecule has 21 heavy (non-hydrogen) atoms. The average molecular weight is 326 g/mol. The summed E-state index contributed by atoms with van der Waals surface area (Å²) in [6.45, 7) is 1.64. The molecule has 0 aliphatic heterocycles. The van der Waals surface area contributed by atoms with Crippen LogP contribution in [0.1, 0.15) is 19.2 Å². The molecular weight excluding hydrogens is 313 g/mol. The van der Waals surface area contributed by atoms with E-state index in [0.29, 0.717) is 18.1 Å². The summed E-state index contributed by atoms with van der Waals surface area (Å²) < 4.78 is 9.69. The van der Waals surface area contributed by atoms with E-state index in [4.69, 9.17) is 32.4 Å². The molecule has 0 radical (unpaired) electrons. The monoisotopic (exact) mass is 325 g/mol. The number of benzene rings is 1. The molecule has 1 aliphatic carbocycles. The Kier molecular flexibility index (Phi) is 3.46. The van der Waals surface area contributed by atoms with Crippen LogP contribution in [0, 0.1) is 5.41 Å². The number of carbonyl (C=O) groups excluding carboxylic acids is 1. The molecule has 1 saturated carbocycles. The van der Waals surface area contributed by atoms with Crippen LogP contribution in [0.5, 0.6) is 0 Å². The van der Waals surface area contributed by atoms with E-state index in [1.54, 1.807) is 13.1 Å². The SMILES string of the molecule is C[C@@]1(C(=O)OCc2ncc(-c3ccccc3)o2)CC1(Cl)Cl. The van der Waals surface area contributed by atoms with Gasteiger partial charge in [0, 0.05) is 12.0 Å². The summed E-state index contributed by atoms with van der Waals surface area (Å²) >= 11 is 11.9. The number of oxazole rings is 1. The van der Waals surface area contributed by atoms with Crippen molar-refractivity contribution in [3.8, 4) is 11.3 Å². The molecule has 110 valence electrons. The standard InChI is InChI=1S/C15H13Cl2NO3/c1-14(9-15(14,16)17)13(19)20-8-12-18-7-11(21-12)10-5-3-2-4-6-10/h2-7H,8-9H2,1H3/t14-/m0/s1. The van der Waals surface area contributed by atoms with Gasteiger partial charge in [-0.05, 0) is 6.92 Å². The number of halogens is 2. The first-order chi connectivity index (χ1) is 9.92. The predicted molar refractivity (Wildman–Crippen MR) is 78.9 cm³/mol. The number of nitrogens with zero attached hydrogens (tertiary/aromatic N) is 1. The van der Waals surface area contributed by atoms with E-state index >= 15 is 0 Å². The number of carbonyl (C=O) groups is 1. The van der Waals surface area contributed by atoms with Gasteiger partial charge in [0.05, 0.1) is 6.20 Å². The first kappa shape index (κ1) is 14.4. The molecule has 1 aromatic heterocycles. The zero-order chi connectivity index (χ0) is 15.1. The number of hydrogen-bond donors (Lipinski definition) is 0. The Bertz CT molecular complexity index is 669. The molecule has 0 saturated heterocycles. The number of alkyl halides is 2. The van der Waals surface area contributed by atoms with E-state index in [1.807, 2.05) is 30.3 Å². The molecule has 0 unspecified atom stereocenters. The van der Waals surface area contributed by atoms with Gasteiger partial charge in [-0.15, -0.1) is 23.2 Å². The topological polar surface area (TPSA) is 52.3 Å². The summed E-state index contributed by atoms with van der Waals surface area (Å²) in [5.74, 6) is 0.525. The van der Waals surface area contributed by atoms with E-state index in [0.717, 1.165) is 5.56 Å². The molecule has 1 fully saturated rings. The van der Waals surface area contributed by atoms with Gasteiger partial charge in [-0.3, -0.25) is 4.79 Å². The largest absolute Gasteiger partial charge is 0.455 e. The number of rotatable bonds is 4. The van der Waals surface area contributed by atoms with Crippen molar-refractivity contribution in [2.75, 3.05) is 0 Å². The predicted octanol–water partition coefficient (Wildman–Crippen LogP) is 3.97. The van der Waals surface area contributed by atoms with E-state index in [1.165, 1.54) is 0 Å². The molecule has 1 aliphatic rings. The number of hydrogen-bond acceptors (Lipinski definition) is 4. The third-order valence-corrected chi connectivity index (χ3v) is 4.75. The maximum absolute atomic E-state index is 11.9. The summed E-state index contributed by atoms with van der Waals surface area (Å²) in [5.41, 5.74) is 0.0718. The van der Waals surface area contributed by atoms with Gasteiger partial charge >= 0.3 is 5.97 Å². The minimum atomic E-state index is -1.03. The highest BCUT2D eigenvalue weighted by Crippen LogP contribution is 2.64. The van der Waals surface area contributed by atoms with Crippen LogP contribution in [0.3, 0.4) is 0 Å². The smallest absolute Gasteiger partial charge is 0.315 e. The second kappa shape index (κ2) is 5.04. The van der Waals surface area contributed by atoms with Gasteiger partial charge in [0.2, 0.25) is 5.89 Å². The van der Waals surface area contributed by atoms with Gasteiger partial charge in [0.25, 0.3) is 0 Å². The second-order valence-corrected chi connectivity index (χ2v) is 6.76. The van der Waals surface area contributed by atoms with Crippen molar-refractivity contribution in [3.63, 3.8) is 0 Å². The van der Waals surface area contributed by atoms with E-state index < -0.39 is 15.7 Å². The lowest BCUT2D eigenvalue weighted by Crippen LogP contribution is -2.21. The van der Waals surface area contributed by atoms with Gasteiger partial charge in [0.1, 0.15) is 9.75 Å². The molecule has 0 N–H and O–H groups in total. The van der Waals surface area contributed by atoms with Crippen molar-refractivity contribution in [1.29, 1.82) is 0 Å². The molecule has 1 aromatic carbocycles. The molecule has 1 atom stereocenters. The highest BCUT2D eigenvalue weighted by atomic mass is 35.5. The zero-order valence-electron chi connectivity index (χ0n) is 11.3. The number of aromatic nitrogens is 1. The summed E-state index contributed by atoms with van der Waals surface area (Å²) in [5, 5.41) is 0. The number of ether oxygens (including phenoxy) is 1. The van der Waals surface area contributed by atoms with Crippen molar-refractivity contribution in [2.24, 2.45) is 5.41 Å². The van der Waals surface area contributed by atoms with E-state index in [9.17, 15) is 4.79 Å². The quantitative estimate of drug-likeness (QED) is 0.630. The van der Waals surface area contributed by atoms with Gasteiger partial charge < -0.3 is 9.15 Å². The van der Waals surface area contributed by atoms with E-state index in [-0.39, 0.29) is 6.61 Å². The highest BCUT2D eigenvalue weighted by Gasteiger charge is 2.69. The normalized spacial score (nSPS) is 22.8. The highest BCUT2D eigenvalue weighted by molar-refractivity contribution is 6.53. The molecule has 1 heterocycles. The van der Waals surface area contributed by atoms with Crippen molar-refractivity contribution >= 4 is 29.2 Å². The van der Waals surface area contributed by atoms with Crippen molar-refractivity contribution < 1.29 is 13.9 Å². The summed E-state index contributed by atoms with van der Waals surface area (Å²) in [6, 6.07) is 9.56. The fourth-order valence-corrected chi connectivity index (χ4v) is 2.71. The average Bonchev–Trinajstić information content (AvgIpc) is 2.83. The maximum atomic E-state index is 11.9. The molecule has 0 amide bonds. The minimum absolute atomic E-state index is 0.0366. The maximum Gasteiger partial charge on any atom is 0.315 e. The fraction of sp³-hybridized carbons (Fsp3) is 0.333. The Morgan fingerprint density at radius 2 is 2.05 bits per heavy atom. The molecule has 4 nitrogen and oxygen atoms in total. The summed E-state index contributed by atoms with van der Waals surface area (Å²) in [6.07, 6.45) is 1.99. The van der Waals surface area contributed by atoms with Crippen molar-refractivity contribution in [3.05, 3.63) is 42.4 Å². The van der Waals surface area contributed by atoms with E-state index in [2.05, 4.69) is 4.98 Å². The summed E-state index contributed by atoms with van der Waals surface area (Å²) in [4.78, 5) is 16.0.